The lowest BCUT2D eigenvalue weighted by molar-refractivity contribution is 0.172. The van der Waals surface area contributed by atoms with Gasteiger partial charge in [0.2, 0.25) is 0 Å². The second-order valence-corrected chi connectivity index (χ2v) is 5.65. The summed E-state index contributed by atoms with van der Waals surface area (Å²) in [5.41, 5.74) is 1.76. The molecule has 0 heterocycles. The molecule has 2 amide bonds. The number of hydrogen-bond donors (Lipinski definition) is 3. The van der Waals surface area contributed by atoms with Crippen LogP contribution in [0.5, 0.6) is 0 Å². The van der Waals surface area contributed by atoms with E-state index in [-0.39, 0.29) is 12.1 Å². The average molecular weight is 334 g/mol. The first-order valence-corrected chi connectivity index (χ1v) is 7.61. The lowest BCUT2D eigenvalue weighted by Crippen LogP contribution is -2.39. The fraction of sp³-hybridized carbons (Fsp3) is 0.278. The van der Waals surface area contributed by atoms with E-state index in [0.717, 1.165) is 11.6 Å². The van der Waals surface area contributed by atoms with Crippen molar-refractivity contribution in [1.82, 2.24) is 10.6 Å². The third-order valence-electron chi connectivity index (χ3n) is 3.68. The molecule has 0 aromatic heterocycles. The monoisotopic (exact) mass is 334 g/mol. The Morgan fingerprint density at radius 3 is 2.62 bits per heavy atom. The Hall–Kier alpha value is -2.47. The van der Waals surface area contributed by atoms with Crippen LogP contribution >= 0.6 is 0 Å². The predicted octanol–water partition coefficient (Wildman–Crippen LogP) is 3.37. The molecule has 0 spiro atoms. The third kappa shape index (κ3) is 4.52. The summed E-state index contributed by atoms with van der Waals surface area (Å²) >= 11 is 0. The molecule has 2 aromatic rings. The molecule has 0 radical (unpaired) electrons. The second-order valence-electron chi connectivity index (χ2n) is 5.65. The summed E-state index contributed by atoms with van der Waals surface area (Å²) in [4.78, 5) is 11.9. The highest BCUT2D eigenvalue weighted by Crippen LogP contribution is 2.19. The summed E-state index contributed by atoms with van der Waals surface area (Å²) in [7, 11) is 0. The number of benzene rings is 2. The van der Waals surface area contributed by atoms with E-state index in [9.17, 15) is 18.7 Å². The van der Waals surface area contributed by atoms with Crippen LogP contribution in [0.4, 0.5) is 13.6 Å². The van der Waals surface area contributed by atoms with Gasteiger partial charge in [-0.2, -0.15) is 0 Å². The Labute approximate surface area is 139 Å². The molecule has 24 heavy (non-hydrogen) atoms. The Morgan fingerprint density at radius 1 is 1.21 bits per heavy atom. The predicted molar refractivity (Wildman–Crippen MR) is 87.4 cm³/mol. The number of amides is 2. The van der Waals surface area contributed by atoms with Crippen LogP contribution in [0.15, 0.2) is 42.5 Å². The minimum Gasteiger partial charge on any atom is -0.387 e. The largest absolute Gasteiger partial charge is 0.387 e. The minimum absolute atomic E-state index is 0.00758. The van der Waals surface area contributed by atoms with Crippen LogP contribution in [0.1, 0.15) is 35.8 Å². The molecule has 0 aliphatic heterocycles. The molecule has 128 valence electrons. The van der Waals surface area contributed by atoms with Crippen LogP contribution in [-0.2, 0) is 0 Å². The van der Waals surface area contributed by atoms with Crippen molar-refractivity contribution >= 4 is 6.03 Å². The molecule has 0 aliphatic carbocycles. The molecule has 0 bridgehead atoms. The molecule has 0 fully saturated rings. The summed E-state index contributed by atoms with van der Waals surface area (Å²) in [6.45, 7) is 3.47. The Bertz CT molecular complexity index is 722. The van der Waals surface area contributed by atoms with E-state index in [1.807, 2.05) is 25.1 Å². The van der Waals surface area contributed by atoms with Gasteiger partial charge in [0.15, 0.2) is 11.6 Å². The number of hydrogen-bond acceptors (Lipinski definition) is 2. The molecular formula is C18H20F2N2O2. The molecule has 0 aliphatic rings. The zero-order chi connectivity index (χ0) is 17.7. The topological polar surface area (TPSA) is 61.4 Å². The van der Waals surface area contributed by atoms with Crippen LogP contribution in [0.3, 0.4) is 0 Å². The molecule has 4 nitrogen and oxygen atoms in total. The molecule has 0 saturated heterocycles. The zero-order valence-corrected chi connectivity index (χ0v) is 13.5. The standard InChI is InChI=1S/C18H20F2N2O2/c1-11-5-3-6-13(9-11)16(23)10-21-18(24)22-12(2)14-7-4-8-15(19)17(14)20/h3-9,12,16,23H,10H2,1-2H3,(H2,21,22,24). The lowest BCUT2D eigenvalue weighted by atomic mass is 10.1. The zero-order valence-electron chi connectivity index (χ0n) is 13.5. The third-order valence-corrected chi connectivity index (χ3v) is 3.68. The number of aryl methyl sites for hydroxylation is 1. The van der Waals surface area contributed by atoms with E-state index in [0.29, 0.717) is 5.56 Å². The molecule has 6 heteroatoms. The SMILES string of the molecule is Cc1cccc(C(O)CNC(=O)NC(C)c2cccc(F)c2F)c1. The van der Waals surface area contributed by atoms with Crippen LogP contribution < -0.4 is 10.6 Å². The maximum atomic E-state index is 13.7. The van der Waals surface area contributed by atoms with Gasteiger partial charge in [0.1, 0.15) is 0 Å². The van der Waals surface area contributed by atoms with Gasteiger partial charge in [-0.05, 0) is 25.5 Å². The first kappa shape index (κ1) is 17.9. The van der Waals surface area contributed by atoms with Crippen molar-refractivity contribution < 1.29 is 18.7 Å². The number of halogens is 2. The first-order valence-electron chi connectivity index (χ1n) is 7.61. The molecule has 2 aromatic carbocycles. The van der Waals surface area contributed by atoms with E-state index in [4.69, 9.17) is 0 Å². The van der Waals surface area contributed by atoms with Crippen molar-refractivity contribution in [3.05, 3.63) is 70.8 Å². The number of urea groups is 1. The van der Waals surface area contributed by atoms with E-state index >= 15 is 0 Å². The van der Waals surface area contributed by atoms with Crippen molar-refractivity contribution in [2.75, 3.05) is 6.54 Å². The fourth-order valence-corrected chi connectivity index (χ4v) is 2.36. The highest BCUT2D eigenvalue weighted by atomic mass is 19.2. The van der Waals surface area contributed by atoms with Crippen molar-refractivity contribution in [1.29, 1.82) is 0 Å². The van der Waals surface area contributed by atoms with E-state index in [2.05, 4.69) is 10.6 Å². The van der Waals surface area contributed by atoms with Gasteiger partial charge >= 0.3 is 6.03 Å². The van der Waals surface area contributed by atoms with Gasteiger partial charge < -0.3 is 15.7 Å². The van der Waals surface area contributed by atoms with Crippen molar-refractivity contribution in [2.24, 2.45) is 0 Å². The van der Waals surface area contributed by atoms with Gasteiger partial charge in [-0.25, -0.2) is 13.6 Å². The summed E-state index contributed by atoms with van der Waals surface area (Å²) < 4.78 is 26.9. The van der Waals surface area contributed by atoms with Crippen LogP contribution in [0.2, 0.25) is 0 Å². The Morgan fingerprint density at radius 2 is 1.92 bits per heavy atom. The van der Waals surface area contributed by atoms with Gasteiger partial charge in [-0.1, -0.05) is 42.0 Å². The number of aliphatic hydroxyl groups is 1. The van der Waals surface area contributed by atoms with Gasteiger partial charge in [0.25, 0.3) is 0 Å². The van der Waals surface area contributed by atoms with Gasteiger partial charge in [0, 0.05) is 12.1 Å². The van der Waals surface area contributed by atoms with Crippen molar-refractivity contribution in [2.45, 2.75) is 26.0 Å². The maximum Gasteiger partial charge on any atom is 0.315 e. The lowest BCUT2D eigenvalue weighted by Gasteiger charge is -2.17. The molecule has 0 saturated carbocycles. The summed E-state index contributed by atoms with van der Waals surface area (Å²) in [5, 5.41) is 15.1. The first-order chi connectivity index (χ1) is 11.4. The van der Waals surface area contributed by atoms with Gasteiger partial charge in [0.05, 0.1) is 12.1 Å². The molecule has 2 unspecified atom stereocenters. The molecule has 2 atom stereocenters. The van der Waals surface area contributed by atoms with Crippen molar-refractivity contribution in [3.8, 4) is 0 Å². The molecule has 3 N–H and O–H groups in total. The summed E-state index contributed by atoms with van der Waals surface area (Å²) in [6.07, 6.45) is -0.850. The summed E-state index contributed by atoms with van der Waals surface area (Å²) in [6, 6.07) is 9.85. The number of nitrogens with one attached hydrogen (secondary N) is 2. The van der Waals surface area contributed by atoms with Crippen LogP contribution in [-0.4, -0.2) is 17.7 Å². The van der Waals surface area contributed by atoms with E-state index in [1.165, 1.54) is 12.1 Å². The fourth-order valence-electron chi connectivity index (χ4n) is 2.36. The highest BCUT2D eigenvalue weighted by molar-refractivity contribution is 5.74. The van der Waals surface area contributed by atoms with E-state index < -0.39 is 29.8 Å². The number of aliphatic hydroxyl groups excluding tert-OH is 1. The van der Waals surface area contributed by atoms with Gasteiger partial charge in [-0.15, -0.1) is 0 Å². The highest BCUT2D eigenvalue weighted by Gasteiger charge is 2.17. The van der Waals surface area contributed by atoms with E-state index in [1.54, 1.807) is 13.0 Å². The minimum atomic E-state index is -0.981. The van der Waals surface area contributed by atoms with Gasteiger partial charge in [-0.3, -0.25) is 0 Å². The van der Waals surface area contributed by atoms with Crippen LogP contribution in [0.25, 0.3) is 0 Å². The normalized spacial score (nSPS) is 13.2. The maximum absolute atomic E-state index is 13.7. The number of carbonyl (C=O) groups excluding carboxylic acids is 1. The number of carbonyl (C=O) groups is 1. The quantitative estimate of drug-likeness (QED) is 0.785. The number of rotatable bonds is 5. The summed E-state index contributed by atoms with van der Waals surface area (Å²) in [5.74, 6) is -1.94. The Kier molecular flexibility index (Phi) is 5.87. The molecular weight excluding hydrogens is 314 g/mol. The molecule has 2 rings (SSSR count). The average Bonchev–Trinajstić information content (AvgIpc) is 2.55. The van der Waals surface area contributed by atoms with Crippen LogP contribution in [0, 0.1) is 18.6 Å². The van der Waals surface area contributed by atoms with Crippen molar-refractivity contribution in [3.63, 3.8) is 0 Å². The Balaban J connectivity index is 1.90. The second kappa shape index (κ2) is 7.88. The smallest absolute Gasteiger partial charge is 0.315 e.